The predicted octanol–water partition coefficient (Wildman–Crippen LogP) is 2.63. The number of morpholine rings is 1. The molecule has 19 heavy (non-hydrogen) atoms. The van der Waals surface area contributed by atoms with Gasteiger partial charge in [0.15, 0.2) is 11.0 Å². The first kappa shape index (κ1) is 12.4. The lowest BCUT2D eigenvalue weighted by molar-refractivity contribution is 0.122. The number of rotatable bonds is 2. The average molecular weight is 276 g/mol. The highest BCUT2D eigenvalue weighted by Gasteiger charge is 2.17. The number of benzene rings is 1. The van der Waals surface area contributed by atoms with Crippen LogP contribution in [0.15, 0.2) is 36.5 Å². The van der Waals surface area contributed by atoms with Crippen LogP contribution in [-0.2, 0) is 4.74 Å². The molecule has 4 nitrogen and oxygen atoms in total. The zero-order valence-corrected chi connectivity index (χ0v) is 11.2. The summed E-state index contributed by atoms with van der Waals surface area (Å²) in [5.74, 6) is 0.742. The van der Waals surface area contributed by atoms with Crippen molar-refractivity contribution in [2.24, 2.45) is 0 Å². The summed E-state index contributed by atoms with van der Waals surface area (Å²) < 4.78 is 5.34. The van der Waals surface area contributed by atoms with Gasteiger partial charge < -0.3 is 9.64 Å². The molecule has 2 heterocycles. The van der Waals surface area contributed by atoms with E-state index in [-0.39, 0.29) is 0 Å². The van der Waals surface area contributed by atoms with E-state index >= 15 is 0 Å². The fourth-order valence-corrected chi connectivity index (χ4v) is 2.30. The third-order valence-electron chi connectivity index (χ3n) is 3.09. The van der Waals surface area contributed by atoms with Gasteiger partial charge in [-0.3, -0.25) is 0 Å². The van der Waals surface area contributed by atoms with E-state index in [0.717, 1.165) is 30.2 Å². The molecule has 0 aliphatic carbocycles. The summed E-state index contributed by atoms with van der Waals surface area (Å²) in [6.45, 7) is 3.00. The lowest BCUT2D eigenvalue weighted by Crippen LogP contribution is -2.37. The van der Waals surface area contributed by atoms with Crippen LogP contribution in [-0.4, -0.2) is 36.3 Å². The van der Waals surface area contributed by atoms with Crippen molar-refractivity contribution in [1.29, 1.82) is 0 Å². The molecule has 0 atom stereocenters. The van der Waals surface area contributed by atoms with Crippen LogP contribution in [0.5, 0.6) is 0 Å². The van der Waals surface area contributed by atoms with Crippen molar-refractivity contribution in [1.82, 2.24) is 9.97 Å². The average Bonchev–Trinajstić information content (AvgIpc) is 2.49. The Labute approximate surface area is 117 Å². The first-order valence-electron chi connectivity index (χ1n) is 6.25. The van der Waals surface area contributed by atoms with E-state index in [1.165, 1.54) is 0 Å². The maximum atomic E-state index is 6.16. The van der Waals surface area contributed by atoms with Crippen LogP contribution in [0.1, 0.15) is 0 Å². The van der Waals surface area contributed by atoms with Crippen LogP contribution in [0.2, 0.25) is 5.15 Å². The molecule has 1 aromatic heterocycles. The standard InChI is InChI=1S/C14H14ClN3O/c15-13-14(18-6-8-19-9-7-18)17-12(10-16-13)11-4-2-1-3-5-11/h1-5,10H,6-9H2. The number of aromatic nitrogens is 2. The van der Waals surface area contributed by atoms with Crippen LogP contribution in [0.4, 0.5) is 5.82 Å². The van der Waals surface area contributed by atoms with Crippen LogP contribution in [0.3, 0.4) is 0 Å². The van der Waals surface area contributed by atoms with E-state index in [1.54, 1.807) is 6.20 Å². The molecule has 1 saturated heterocycles. The van der Waals surface area contributed by atoms with Gasteiger partial charge in [-0.15, -0.1) is 0 Å². The van der Waals surface area contributed by atoms with Crippen molar-refractivity contribution in [3.05, 3.63) is 41.7 Å². The van der Waals surface area contributed by atoms with Crippen molar-refractivity contribution in [2.75, 3.05) is 31.2 Å². The first-order chi connectivity index (χ1) is 9.34. The number of halogens is 1. The number of hydrogen-bond acceptors (Lipinski definition) is 4. The van der Waals surface area contributed by atoms with Gasteiger partial charge in [-0.2, -0.15) is 0 Å². The van der Waals surface area contributed by atoms with Gasteiger partial charge in [-0.25, -0.2) is 9.97 Å². The second-order valence-electron chi connectivity index (χ2n) is 4.34. The molecular formula is C14H14ClN3O. The van der Waals surface area contributed by atoms with Gasteiger partial charge in [0, 0.05) is 18.7 Å². The molecule has 1 aromatic carbocycles. The molecule has 1 aliphatic rings. The Morgan fingerprint density at radius 3 is 2.58 bits per heavy atom. The van der Waals surface area contributed by atoms with Gasteiger partial charge in [0.1, 0.15) is 0 Å². The Kier molecular flexibility index (Phi) is 3.62. The topological polar surface area (TPSA) is 38.2 Å². The van der Waals surface area contributed by atoms with Gasteiger partial charge in [0.25, 0.3) is 0 Å². The van der Waals surface area contributed by atoms with Crippen LogP contribution >= 0.6 is 11.6 Å². The molecule has 0 amide bonds. The molecule has 0 bridgehead atoms. The second kappa shape index (κ2) is 5.55. The summed E-state index contributed by atoms with van der Waals surface area (Å²) in [7, 11) is 0. The molecule has 2 aromatic rings. The van der Waals surface area contributed by atoms with Gasteiger partial charge in [0.2, 0.25) is 0 Å². The smallest absolute Gasteiger partial charge is 0.171 e. The van der Waals surface area contributed by atoms with Crippen molar-refractivity contribution in [3.8, 4) is 11.3 Å². The Balaban J connectivity index is 1.96. The highest BCUT2D eigenvalue weighted by Crippen LogP contribution is 2.25. The lowest BCUT2D eigenvalue weighted by Gasteiger charge is -2.28. The molecule has 0 saturated carbocycles. The highest BCUT2D eigenvalue weighted by molar-refractivity contribution is 6.31. The highest BCUT2D eigenvalue weighted by atomic mass is 35.5. The molecule has 0 unspecified atom stereocenters. The number of ether oxygens (including phenoxy) is 1. The Morgan fingerprint density at radius 1 is 1.11 bits per heavy atom. The van der Waals surface area contributed by atoms with Crippen LogP contribution in [0.25, 0.3) is 11.3 Å². The van der Waals surface area contributed by atoms with E-state index in [0.29, 0.717) is 18.4 Å². The zero-order valence-electron chi connectivity index (χ0n) is 10.4. The summed E-state index contributed by atoms with van der Waals surface area (Å²) in [6.07, 6.45) is 1.71. The largest absolute Gasteiger partial charge is 0.378 e. The molecule has 98 valence electrons. The van der Waals surface area contributed by atoms with E-state index in [9.17, 15) is 0 Å². The van der Waals surface area contributed by atoms with Gasteiger partial charge in [-0.05, 0) is 0 Å². The molecular weight excluding hydrogens is 262 g/mol. The summed E-state index contributed by atoms with van der Waals surface area (Å²) in [6, 6.07) is 9.98. The Bertz CT molecular complexity index is 556. The van der Waals surface area contributed by atoms with E-state index in [1.807, 2.05) is 30.3 Å². The molecule has 0 N–H and O–H groups in total. The monoisotopic (exact) mass is 275 g/mol. The van der Waals surface area contributed by atoms with Gasteiger partial charge in [-0.1, -0.05) is 41.9 Å². The fraction of sp³-hybridized carbons (Fsp3) is 0.286. The number of hydrogen-bond donors (Lipinski definition) is 0. The normalized spacial score (nSPS) is 15.5. The number of nitrogens with zero attached hydrogens (tertiary/aromatic N) is 3. The molecule has 0 radical (unpaired) electrons. The van der Waals surface area contributed by atoms with Crippen molar-refractivity contribution >= 4 is 17.4 Å². The minimum absolute atomic E-state index is 0.446. The van der Waals surface area contributed by atoms with Crippen molar-refractivity contribution < 1.29 is 4.74 Å². The SMILES string of the molecule is Clc1ncc(-c2ccccc2)nc1N1CCOCC1. The molecule has 1 fully saturated rings. The maximum absolute atomic E-state index is 6.16. The fourth-order valence-electron chi connectivity index (χ4n) is 2.09. The first-order valence-corrected chi connectivity index (χ1v) is 6.63. The second-order valence-corrected chi connectivity index (χ2v) is 4.69. The molecule has 0 spiro atoms. The molecule has 3 rings (SSSR count). The maximum Gasteiger partial charge on any atom is 0.171 e. The molecule has 1 aliphatic heterocycles. The van der Waals surface area contributed by atoms with Crippen molar-refractivity contribution in [3.63, 3.8) is 0 Å². The Hall–Kier alpha value is -1.65. The van der Waals surface area contributed by atoms with Gasteiger partial charge in [0.05, 0.1) is 25.1 Å². The number of anilines is 1. The molecule has 5 heteroatoms. The van der Waals surface area contributed by atoms with Crippen LogP contribution < -0.4 is 4.90 Å². The lowest BCUT2D eigenvalue weighted by atomic mass is 10.2. The van der Waals surface area contributed by atoms with Gasteiger partial charge >= 0.3 is 0 Å². The van der Waals surface area contributed by atoms with E-state index in [2.05, 4.69) is 14.9 Å². The summed E-state index contributed by atoms with van der Waals surface area (Å²) >= 11 is 6.16. The zero-order chi connectivity index (χ0) is 13.1. The third kappa shape index (κ3) is 2.69. The van der Waals surface area contributed by atoms with E-state index in [4.69, 9.17) is 16.3 Å². The summed E-state index contributed by atoms with van der Waals surface area (Å²) in [5.41, 5.74) is 1.88. The predicted molar refractivity (Wildman–Crippen MR) is 75.5 cm³/mol. The minimum atomic E-state index is 0.446. The van der Waals surface area contributed by atoms with E-state index < -0.39 is 0 Å². The third-order valence-corrected chi connectivity index (χ3v) is 3.36. The quantitative estimate of drug-likeness (QED) is 0.844. The summed E-state index contributed by atoms with van der Waals surface area (Å²) in [5, 5.41) is 0.446. The minimum Gasteiger partial charge on any atom is -0.378 e. The Morgan fingerprint density at radius 2 is 1.84 bits per heavy atom. The summed E-state index contributed by atoms with van der Waals surface area (Å²) in [4.78, 5) is 11.0. The van der Waals surface area contributed by atoms with Crippen LogP contribution in [0, 0.1) is 0 Å². The van der Waals surface area contributed by atoms with Crippen molar-refractivity contribution in [2.45, 2.75) is 0 Å².